The van der Waals surface area contributed by atoms with E-state index in [4.69, 9.17) is 9.47 Å². The summed E-state index contributed by atoms with van der Waals surface area (Å²) < 4.78 is 12.0. The normalized spacial score (nSPS) is 10.5. The van der Waals surface area contributed by atoms with Crippen LogP contribution in [0.15, 0.2) is 53.0 Å². The van der Waals surface area contributed by atoms with Gasteiger partial charge in [-0.05, 0) is 24.3 Å². The second-order valence-corrected chi connectivity index (χ2v) is 5.25. The van der Waals surface area contributed by atoms with E-state index in [1.807, 2.05) is 42.5 Å². The standard InChI is InChI=1S/C16H18BrNO2/c1-19-10-9-18-12-13-7-8-14(17)11-16(13)20-15-5-3-2-4-6-15/h2-8,11,18H,9-10,12H2,1H3. The van der Waals surface area contributed by atoms with Gasteiger partial charge in [-0.3, -0.25) is 0 Å². The molecule has 0 atom stereocenters. The summed E-state index contributed by atoms with van der Waals surface area (Å²) in [7, 11) is 1.70. The van der Waals surface area contributed by atoms with Gasteiger partial charge in [0.05, 0.1) is 6.61 Å². The zero-order valence-corrected chi connectivity index (χ0v) is 13.0. The average Bonchev–Trinajstić information content (AvgIpc) is 2.47. The van der Waals surface area contributed by atoms with E-state index in [0.29, 0.717) is 6.61 Å². The first-order valence-corrected chi connectivity index (χ1v) is 7.30. The quantitative estimate of drug-likeness (QED) is 0.776. The SMILES string of the molecule is COCCNCc1ccc(Br)cc1Oc1ccccc1. The fourth-order valence-corrected chi connectivity index (χ4v) is 2.12. The maximum atomic E-state index is 5.95. The average molecular weight is 336 g/mol. The highest BCUT2D eigenvalue weighted by molar-refractivity contribution is 9.10. The lowest BCUT2D eigenvalue weighted by Crippen LogP contribution is -2.18. The Morgan fingerprint density at radius 3 is 2.65 bits per heavy atom. The molecule has 0 saturated heterocycles. The van der Waals surface area contributed by atoms with Crippen LogP contribution in [0, 0.1) is 0 Å². The molecule has 0 unspecified atom stereocenters. The molecule has 0 aliphatic rings. The predicted molar refractivity (Wildman–Crippen MR) is 84.2 cm³/mol. The van der Waals surface area contributed by atoms with Crippen LogP contribution in [-0.4, -0.2) is 20.3 Å². The van der Waals surface area contributed by atoms with Crippen molar-refractivity contribution in [2.24, 2.45) is 0 Å². The van der Waals surface area contributed by atoms with E-state index in [1.54, 1.807) is 7.11 Å². The van der Waals surface area contributed by atoms with E-state index in [0.717, 1.165) is 34.6 Å². The van der Waals surface area contributed by atoms with E-state index in [2.05, 4.69) is 27.3 Å². The molecular formula is C16H18BrNO2. The monoisotopic (exact) mass is 335 g/mol. The highest BCUT2D eigenvalue weighted by Gasteiger charge is 2.06. The summed E-state index contributed by atoms with van der Waals surface area (Å²) in [5.41, 5.74) is 1.12. The van der Waals surface area contributed by atoms with E-state index in [-0.39, 0.29) is 0 Å². The Morgan fingerprint density at radius 2 is 1.90 bits per heavy atom. The lowest BCUT2D eigenvalue weighted by atomic mass is 10.2. The van der Waals surface area contributed by atoms with Gasteiger partial charge >= 0.3 is 0 Å². The third kappa shape index (κ3) is 4.63. The highest BCUT2D eigenvalue weighted by Crippen LogP contribution is 2.28. The molecule has 2 aromatic rings. The molecule has 0 fully saturated rings. The van der Waals surface area contributed by atoms with Crippen LogP contribution in [0.5, 0.6) is 11.5 Å². The van der Waals surface area contributed by atoms with Crippen molar-refractivity contribution in [3.05, 3.63) is 58.6 Å². The lowest BCUT2D eigenvalue weighted by Gasteiger charge is -2.12. The van der Waals surface area contributed by atoms with Crippen LogP contribution < -0.4 is 10.1 Å². The van der Waals surface area contributed by atoms with E-state index >= 15 is 0 Å². The minimum absolute atomic E-state index is 0.700. The summed E-state index contributed by atoms with van der Waals surface area (Å²) in [6.45, 7) is 2.27. The Labute approximate surface area is 128 Å². The predicted octanol–water partition coefficient (Wildman–Crippen LogP) is 3.98. The van der Waals surface area contributed by atoms with E-state index in [9.17, 15) is 0 Å². The van der Waals surface area contributed by atoms with Gasteiger partial charge in [-0.1, -0.05) is 40.2 Å². The molecule has 2 rings (SSSR count). The van der Waals surface area contributed by atoms with Crippen molar-refractivity contribution in [3.8, 4) is 11.5 Å². The maximum Gasteiger partial charge on any atom is 0.133 e. The Balaban J connectivity index is 2.07. The van der Waals surface area contributed by atoms with Crippen molar-refractivity contribution in [1.82, 2.24) is 5.32 Å². The molecule has 0 spiro atoms. The zero-order chi connectivity index (χ0) is 14.2. The highest BCUT2D eigenvalue weighted by atomic mass is 79.9. The van der Waals surface area contributed by atoms with Crippen LogP contribution in [0.25, 0.3) is 0 Å². The molecule has 0 aliphatic carbocycles. The van der Waals surface area contributed by atoms with Crippen molar-refractivity contribution in [3.63, 3.8) is 0 Å². The van der Waals surface area contributed by atoms with Gasteiger partial charge in [0, 0.05) is 30.2 Å². The van der Waals surface area contributed by atoms with Crippen molar-refractivity contribution >= 4 is 15.9 Å². The number of hydrogen-bond acceptors (Lipinski definition) is 3. The van der Waals surface area contributed by atoms with E-state index in [1.165, 1.54) is 0 Å². The molecule has 3 nitrogen and oxygen atoms in total. The minimum Gasteiger partial charge on any atom is -0.457 e. The molecule has 0 bridgehead atoms. The van der Waals surface area contributed by atoms with Crippen LogP contribution in [0.1, 0.15) is 5.56 Å². The Morgan fingerprint density at radius 1 is 1.10 bits per heavy atom. The fourth-order valence-electron chi connectivity index (χ4n) is 1.78. The number of rotatable bonds is 7. The van der Waals surface area contributed by atoms with Gasteiger partial charge < -0.3 is 14.8 Å². The lowest BCUT2D eigenvalue weighted by molar-refractivity contribution is 0.199. The maximum absolute atomic E-state index is 5.95. The molecule has 106 valence electrons. The molecule has 0 amide bonds. The second-order valence-electron chi connectivity index (χ2n) is 4.34. The third-order valence-corrected chi connectivity index (χ3v) is 3.29. The first kappa shape index (κ1) is 15.0. The summed E-state index contributed by atoms with van der Waals surface area (Å²) in [6.07, 6.45) is 0. The Hall–Kier alpha value is -1.36. The molecule has 0 radical (unpaired) electrons. The van der Waals surface area contributed by atoms with Gasteiger partial charge in [0.25, 0.3) is 0 Å². The number of para-hydroxylation sites is 1. The molecule has 0 aromatic heterocycles. The molecule has 0 aliphatic heterocycles. The molecule has 0 saturated carbocycles. The van der Waals surface area contributed by atoms with Gasteiger partial charge in [-0.25, -0.2) is 0 Å². The van der Waals surface area contributed by atoms with Gasteiger partial charge in [0.1, 0.15) is 11.5 Å². The summed E-state index contributed by atoms with van der Waals surface area (Å²) in [5, 5.41) is 3.33. The molecular weight excluding hydrogens is 318 g/mol. The number of ether oxygens (including phenoxy) is 2. The Bertz CT molecular complexity index is 531. The van der Waals surface area contributed by atoms with Crippen LogP contribution in [-0.2, 0) is 11.3 Å². The van der Waals surface area contributed by atoms with Crippen molar-refractivity contribution in [2.45, 2.75) is 6.54 Å². The minimum atomic E-state index is 0.700. The number of methoxy groups -OCH3 is 1. The van der Waals surface area contributed by atoms with Crippen LogP contribution in [0.2, 0.25) is 0 Å². The number of benzene rings is 2. The van der Waals surface area contributed by atoms with Gasteiger partial charge in [-0.2, -0.15) is 0 Å². The van der Waals surface area contributed by atoms with Crippen molar-refractivity contribution in [1.29, 1.82) is 0 Å². The summed E-state index contributed by atoms with van der Waals surface area (Å²) in [6, 6.07) is 15.9. The summed E-state index contributed by atoms with van der Waals surface area (Å²) >= 11 is 3.48. The van der Waals surface area contributed by atoms with Gasteiger partial charge in [0.2, 0.25) is 0 Å². The second kappa shape index (κ2) is 8.04. The van der Waals surface area contributed by atoms with Crippen LogP contribution in [0.4, 0.5) is 0 Å². The van der Waals surface area contributed by atoms with Gasteiger partial charge in [0.15, 0.2) is 0 Å². The largest absolute Gasteiger partial charge is 0.457 e. The van der Waals surface area contributed by atoms with Crippen molar-refractivity contribution in [2.75, 3.05) is 20.3 Å². The van der Waals surface area contributed by atoms with Crippen molar-refractivity contribution < 1.29 is 9.47 Å². The first-order chi connectivity index (χ1) is 9.79. The topological polar surface area (TPSA) is 30.5 Å². The number of hydrogen-bond donors (Lipinski definition) is 1. The summed E-state index contributed by atoms with van der Waals surface area (Å²) in [5.74, 6) is 1.69. The molecule has 2 aromatic carbocycles. The number of halogens is 1. The van der Waals surface area contributed by atoms with Crippen LogP contribution in [0.3, 0.4) is 0 Å². The fraction of sp³-hybridized carbons (Fsp3) is 0.250. The summed E-state index contributed by atoms with van der Waals surface area (Å²) in [4.78, 5) is 0. The smallest absolute Gasteiger partial charge is 0.133 e. The first-order valence-electron chi connectivity index (χ1n) is 6.50. The van der Waals surface area contributed by atoms with Crippen LogP contribution >= 0.6 is 15.9 Å². The zero-order valence-electron chi connectivity index (χ0n) is 11.4. The van der Waals surface area contributed by atoms with Gasteiger partial charge in [-0.15, -0.1) is 0 Å². The molecule has 0 heterocycles. The molecule has 1 N–H and O–H groups in total. The third-order valence-electron chi connectivity index (χ3n) is 2.80. The number of nitrogens with one attached hydrogen (secondary N) is 1. The Kier molecular flexibility index (Phi) is 6.05. The van der Waals surface area contributed by atoms with E-state index < -0.39 is 0 Å². The molecule has 4 heteroatoms. The molecule has 20 heavy (non-hydrogen) atoms.